The summed E-state index contributed by atoms with van der Waals surface area (Å²) in [5, 5.41) is 0.0425. The second-order valence-electron chi connectivity index (χ2n) is 4.83. The lowest BCUT2D eigenvalue weighted by Crippen LogP contribution is -2.27. The van der Waals surface area contributed by atoms with Gasteiger partial charge in [0.05, 0.1) is 21.6 Å². The highest BCUT2D eigenvalue weighted by Crippen LogP contribution is 2.37. The Balaban J connectivity index is 2.20. The normalized spacial score (nSPS) is 15.8. The van der Waals surface area contributed by atoms with Crippen molar-refractivity contribution >= 4 is 58.2 Å². The molecule has 134 valence electrons. The van der Waals surface area contributed by atoms with E-state index >= 15 is 0 Å². The number of amides is 2. The van der Waals surface area contributed by atoms with Gasteiger partial charge in [-0.15, -0.1) is 0 Å². The van der Waals surface area contributed by atoms with Crippen molar-refractivity contribution in [3.8, 4) is 5.75 Å². The molecule has 0 aliphatic carbocycles. The molecule has 2 rings (SSSR count). The lowest BCUT2D eigenvalue weighted by atomic mass is 10.2. The molecule has 0 spiro atoms. The summed E-state index contributed by atoms with van der Waals surface area (Å²) >= 11 is 13.1. The maximum absolute atomic E-state index is 12.1. The molecule has 6 nitrogen and oxygen atoms in total. The zero-order chi connectivity index (χ0) is 18.6. The number of likely N-dealkylation sites (N-methyl/N-ethyl adjacent to an activating group) is 1. The van der Waals surface area contributed by atoms with Crippen LogP contribution < -0.4 is 4.74 Å². The van der Waals surface area contributed by atoms with Gasteiger partial charge in [-0.3, -0.25) is 14.5 Å². The Morgan fingerprint density at radius 2 is 1.88 bits per heavy atom. The minimum Gasteiger partial charge on any atom is -0.479 e. The van der Waals surface area contributed by atoms with Crippen LogP contribution in [0, 0.1) is 0 Å². The number of ether oxygens (including phenoxy) is 2. The molecule has 0 atom stereocenters. The van der Waals surface area contributed by atoms with Crippen LogP contribution in [0.3, 0.4) is 0 Å². The first kappa shape index (κ1) is 19.6. The molecule has 1 aromatic carbocycles. The van der Waals surface area contributed by atoms with E-state index in [1.165, 1.54) is 18.2 Å². The molecular weight excluding hydrogens is 389 g/mol. The average molecular weight is 404 g/mol. The minimum absolute atomic E-state index is 0.148. The largest absolute Gasteiger partial charge is 0.479 e. The third-order valence-corrected chi connectivity index (χ3v) is 4.62. The van der Waals surface area contributed by atoms with Gasteiger partial charge in [-0.2, -0.15) is 0 Å². The van der Waals surface area contributed by atoms with Crippen LogP contribution in [-0.2, 0) is 14.3 Å². The molecule has 1 aliphatic rings. The maximum Gasteiger partial charge on any atom is 0.344 e. The van der Waals surface area contributed by atoms with Crippen molar-refractivity contribution < 1.29 is 23.9 Å². The van der Waals surface area contributed by atoms with Gasteiger partial charge < -0.3 is 9.47 Å². The third kappa shape index (κ3) is 4.68. The Labute approximate surface area is 159 Å². The van der Waals surface area contributed by atoms with Gasteiger partial charge in [-0.1, -0.05) is 23.2 Å². The van der Waals surface area contributed by atoms with E-state index in [0.717, 1.165) is 16.7 Å². The van der Waals surface area contributed by atoms with Crippen molar-refractivity contribution in [2.24, 2.45) is 0 Å². The number of nitrogens with zero attached hydrogens (tertiary/aromatic N) is 1. The Morgan fingerprint density at radius 3 is 2.40 bits per heavy atom. The van der Waals surface area contributed by atoms with Gasteiger partial charge in [0.1, 0.15) is 0 Å². The first-order valence-electron chi connectivity index (χ1n) is 7.40. The van der Waals surface area contributed by atoms with Crippen molar-refractivity contribution in [2.45, 2.75) is 13.8 Å². The Kier molecular flexibility index (Phi) is 6.75. The van der Waals surface area contributed by atoms with Crippen LogP contribution in [-0.4, -0.2) is 41.8 Å². The molecule has 0 aromatic heterocycles. The molecule has 0 unspecified atom stereocenters. The summed E-state index contributed by atoms with van der Waals surface area (Å²) in [4.78, 5) is 36.6. The number of hydrogen-bond acceptors (Lipinski definition) is 6. The van der Waals surface area contributed by atoms with Crippen LogP contribution in [0.2, 0.25) is 10.0 Å². The first-order valence-corrected chi connectivity index (χ1v) is 8.97. The van der Waals surface area contributed by atoms with Crippen LogP contribution in [0.25, 0.3) is 6.08 Å². The molecule has 1 aromatic rings. The number of hydrogen-bond donors (Lipinski definition) is 0. The highest BCUT2D eigenvalue weighted by atomic mass is 35.5. The quantitative estimate of drug-likeness (QED) is 0.527. The molecule has 2 amide bonds. The monoisotopic (exact) mass is 403 g/mol. The number of rotatable bonds is 6. The average Bonchev–Trinajstić information content (AvgIpc) is 2.80. The Morgan fingerprint density at radius 1 is 1.24 bits per heavy atom. The minimum atomic E-state index is -0.535. The van der Waals surface area contributed by atoms with Crippen molar-refractivity contribution in [1.29, 1.82) is 0 Å². The van der Waals surface area contributed by atoms with E-state index in [-0.39, 0.29) is 40.2 Å². The summed E-state index contributed by atoms with van der Waals surface area (Å²) in [7, 11) is 0. The van der Waals surface area contributed by atoms with E-state index in [1.807, 2.05) is 0 Å². The number of benzene rings is 1. The van der Waals surface area contributed by atoms with Crippen LogP contribution in [0.15, 0.2) is 17.0 Å². The highest BCUT2D eigenvalue weighted by molar-refractivity contribution is 8.18. The molecule has 9 heteroatoms. The van der Waals surface area contributed by atoms with Crippen molar-refractivity contribution in [3.05, 3.63) is 32.6 Å². The summed E-state index contributed by atoms with van der Waals surface area (Å²) in [5.74, 6) is -0.741. The molecular formula is C16H15Cl2NO5S. The summed E-state index contributed by atoms with van der Waals surface area (Å²) < 4.78 is 10.0. The summed E-state index contributed by atoms with van der Waals surface area (Å²) in [6.45, 7) is 3.65. The molecule has 0 bridgehead atoms. The van der Waals surface area contributed by atoms with Gasteiger partial charge >= 0.3 is 5.97 Å². The lowest BCUT2D eigenvalue weighted by molar-refractivity contribution is -0.145. The summed E-state index contributed by atoms with van der Waals surface area (Å²) in [6, 6.07) is 3.07. The summed E-state index contributed by atoms with van der Waals surface area (Å²) in [6.07, 6.45) is 1.54. The second-order valence-corrected chi connectivity index (χ2v) is 6.64. The van der Waals surface area contributed by atoms with Crippen LogP contribution in [0.1, 0.15) is 19.4 Å². The Hall–Kier alpha value is -1.70. The van der Waals surface area contributed by atoms with E-state index in [0.29, 0.717) is 17.0 Å². The molecule has 1 aliphatic heterocycles. The number of esters is 1. The molecule has 1 saturated heterocycles. The fourth-order valence-corrected chi connectivity index (χ4v) is 3.57. The maximum atomic E-state index is 12.1. The van der Waals surface area contributed by atoms with E-state index in [9.17, 15) is 14.4 Å². The predicted molar refractivity (Wildman–Crippen MR) is 96.9 cm³/mol. The van der Waals surface area contributed by atoms with E-state index in [2.05, 4.69) is 0 Å². The van der Waals surface area contributed by atoms with E-state index in [1.54, 1.807) is 13.8 Å². The number of imide groups is 1. The molecule has 1 fully saturated rings. The zero-order valence-electron chi connectivity index (χ0n) is 13.5. The van der Waals surface area contributed by atoms with Crippen molar-refractivity contribution in [2.75, 3.05) is 19.8 Å². The van der Waals surface area contributed by atoms with Gasteiger partial charge in [0, 0.05) is 6.54 Å². The van der Waals surface area contributed by atoms with E-state index < -0.39 is 5.97 Å². The van der Waals surface area contributed by atoms with Gasteiger partial charge in [0.25, 0.3) is 11.1 Å². The molecule has 0 radical (unpaired) electrons. The van der Waals surface area contributed by atoms with Gasteiger partial charge in [-0.05, 0) is 49.4 Å². The van der Waals surface area contributed by atoms with Crippen LogP contribution in [0.4, 0.5) is 4.79 Å². The first-order chi connectivity index (χ1) is 11.9. The van der Waals surface area contributed by atoms with Gasteiger partial charge in [0.15, 0.2) is 12.4 Å². The Bertz CT molecular complexity index is 727. The van der Waals surface area contributed by atoms with Crippen LogP contribution in [0.5, 0.6) is 5.75 Å². The second kappa shape index (κ2) is 8.60. The van der Waals surface area contributed by atoms with Gasteiger partial charge in [-0.25, -0.2) is 4.79 Å². The molecule has 1 heterocycles. The predicted octanol–water partition coefficient (Wildman–Crippen LogP) is 3.99. The summed E-state index contributed by atoms with van der Waals surface area (Å²) in [5.41, 5.74) is 0.542. The third-order valence-electron chi connectivity index (χ3n) is 3.15. The number of carbonyl (C=O) groups excluding carboxylic acids is 3. The molecule has 0 N–H and O–H groups in total. The zero-order valence-corrected chi connectivity index (χ0v) is 15.8. The smallest absolute Gasteiger partial charge is 0.344 e. The van der Waals surface area contributed by atoms with Crippen LogP contribution >= 0.6 is 35.0 Å². The van der Waals surface area contributed by atoms with Crippen molar-refractivity contribution in [1.82, 2.24) is 4.90 Å². The highest BCUT2D eigenvalue weighted by Gasteiger charge is 2.33. The van der Waals surface area contributed by atoms with Gasteiger partial charge in [0.2, 0.25) is 0 Å². The van der Waals surface area contributed by atoms with E-state index in [4.69, 9.17) is 32.7 Å². The van der Waals surface area contributed by atoms with Crippen molar-refractivity contribution in [3.63, 3.8) is 0 Å². The standard InChI is InChI=1S/C16H15Cl2NO5S/c1-3-19-15(21)12(25-16(19)22)7-9-5-10(17)14(11(18)6-9)24-8-13(20)23-4-2/h5-7H,3-4,8H2,1-2H3. The topological polar surface area (TPSA) is 72.9 Å². The lowest BCUT2D eigenvalue weighted by Gasteiger charge is -2.10. The fraction of sp³-hybridized carbons (Fsp3) is 0.312. The molecule has 25 heavy (non-hydrogen) atoms. The number of thioether (sulfide) groups is 1. The fourth-order valence-electron chi connectivity index (χ4n) is 2.06. The number of carbonyl (C=O) groups is 3. The molecule has 0 saturated carbocycles. The SMILES string of the molecule is CCOC(=O)COc1c(Cl)cc(C=C2SC(=O)N(CC)C2=O)cc1Cl. The number of halogens is 2.